The number of aryl methyl sites for hydroxylation is 1. The summed E-state index contributed by atoms with van der Waals surface area (Å²) in [5, 5.41) is 10.0. The number of ketones is 1. The van der Waals surface area contributed by atoms with E-state index in [9.17, 15) is 9.90 Å². The molecular weight excluding hydrogens is 228 g/mol. The summed E-state index contributed by atoms with van der Waals surface area (Å²) in [6, 6.07) is 3.80. The topological polar surface area (TPSA) is 46.5 Å². The van der Waals surface area contributed by atoms with Gasteiger partial charge in [0.25, 0.3) is 0 Å². The second kappa shape index (κ2) is 4.30. The summed E-state index contributed by atoms with van der Waals surface area (Å²) in [6.45, 7) is 2.09. The van der Waals surface area contributed by atoms with E-state index in [2.05, 4.69) is 6.92 Å². The molecule has 3 nitrogen and oxygen atoms in total. The van der Waals surface area contributed by atoms with Crippen LogP contribution in [0.2, 0.25) is 0 Å². The molecule has 3 heteroatoms. The number of hydrogen-bond acceptors (Lipinski definition) is 3. The van der Waals surface area contributed by atoms with Gasteiger partial charge in [-0.1, -0.05) is 13.3 Å². The van der Waals surface area contributed by atoms with Gasteiger partial charge in [0.15, 0.2) is 0 Å². The number of aromatic hydroxyl groups is 1. The molecule has 2 aliphatic rings. The first kappa shape index (κ1) is 11.6. The van der Waals surface area contributed by atoms with Crippen LogP contribution in [-0.2, 0) is 11.2 Å². The van der Waals surface area contributed by atoms with Crippen LogP contribution in [0.1, 0.15) is 49.7 Å². The molecule has 1 aromatic carbocycles. The van der Waals surface area contributed by atoms with Crippen molar-refractivity contribution >= 4 is 5.78 Å². The molecule has 96 valence electrons. The van der Waals surface area contributed by atoms with Crippen LogP contribution in [0.3, 0.4) is 0 Å². The number of fused-ring (bicyclic) bond motifs is 3. The Morgan fingerprint density at radius 3 is 3.06 bits per heavy atom. The smallest absolute Gasteiger partial charge is 0.136 e. The highest BCUT2D eigenvalue weighted by Gasteiger charge is 2.39. The Labute approximate surface area is 107 Å². The summed E-state index contributed by atoms with van der Waals surface area (Å²) >= 11 is 0. The van der Waals surface area contributed by atoms with E-state index in [1.54, 1.807) is 0 Å². The maximum absolute atomic E-state index is 11.5. The number of phenolic OH excluding ortho intramolecular Hbond substituents is 1. The fourth-order valence-electron chi connectivity index (χ4n) is 3.10. The predicted molar refractivity (Wildman–Crippen MR) is 68.1 cm³/mol. The fourth-order valence-corrected chi connectivity index (χ4v) is 3.10. The average molecular weight is 246 g/mol. The van der Waals surface area contributed by atoms with Crippen molar-refractivity contribution in [3.8, 4) is 11.5 Å². The van der Waals surface area contributed by atoms with E-state index in [0.717, 1.165) is 36.1 Å². The van der Waals surface area contributed by atoms with Gasteiger partial charge < -0.3 is 9.84 Å². The van der Waals surface area contributed by atoms with Crippen molar-refractivity contribution in [1.82, 2.24) is 0 Å². The minimum absolute atomic E-state index is 0.00229. The monoisotopic (exact) mass is 246 g/mol. The summed E-state index contributed by atoms with van der Waals surface area (Å²) < 4.78 is 5.89. The maximum Gasteiger partial charge on any atom is 0.136 e. The van der Waals surface area contributed by atoms with Gasteiger partial charge in [0, 0.05) is 24.3 Å². The Morgan fingerprint density at radius 1 is 1.44 bits per heavy atom. The zero-order valence-electron chi connectivity index (χ0n) is 10.6. The standard InChI is InChI=1S/C15H18O3/c1-2-3-9-6-14-12(8-13(9)17)11-5-4-10(16)7-15(11)18-14/h6,8,11,15,17H,2-5,7H2,1H3/t11-,15+/m1/s1. The first-order valence-electron chi connectivity index (χ1n) is 6.73. The van der Waals surface area contributed by atoms with Crippen LogP contribution < -0.4 is 4.74 Å². The Kier molecular flexibility index (Phi) is 2.77. The SMILES string of the molecule is CCCc1cc2c(cc1O)[C@H]1CCC(=O)C[C@@H]1O2. The molecule has 0 saturated heterocycles. The lowest BCUT2D eigenvalue weighted by molar-refractivity contribution is -0.122. The van der Waals surface area contributed by atoms with Crippen LogP contribution >= 0.6 is 0 Å². The van der Waals surface area contributed by atoms with Crippen molar-refractivity contribution in [2.75, 3.05) is 0 Å². The molecule has 1 fully saturated rings. The first-order valence-corrected chi connectivity index (χ1v) is 6.73. The van der Waals surface area contributed by atoms with E-state index in [1.165, 1.54) is 0 Å². The van der Waals surface area contributed by atoms with Gasteiger partial charge in [0.2, 0.25) is 0 Å². The van der Waals surface area contributed by atoms with Crippen molar-refractivity contribution < 1.29 is 14.6 Å². The molecule has 3 rings (SSSR count). The van der Waals surface area contributed by atoms with E-state index >= 15 is 0 Å². The quantitative estimate of drug-likeness (QED) is 0.872. The molecule has 2 atom stereocenters. The molecule has 1 aromatic rings. The van der Waals surface area contributed by atoms with Crippen molar-refractivity contribution in [2.24, 2.45) is 0 Å². The van der Waals surface area contributed by atoms with Crippen molar-refractivity contribution in [2.45, 2.75) is 51.0 Å². The summed E-state index contributed by atoms with van der Waals surface area (Å²) in [5.74, 6) is 1.83. The van der Waals surface area contributed by atoms with E-state index in [0.29, 0.717) is 30.3 Å². The average Bonchev–Trinajstić information content (AvgIpc) is 2.66. The summed E-state index contributed by atoms with van der Waals surface area (Å²) in [5.41, 5.74) is 2.03. The zero-order valence-corrected chi connectivity index (χ0v) is 10.6. The van der Waals surface area contributed by atoms with Gasteiger partial charge >= 0.3 is 0 Å². The minimum Gasteiger partial charge on any atom is -0.508 e. The zero-order chi connectivity index (χ0) is 12.7. The third kappa shape index (κ3) is 1.78. The molecule has 1 aliphatic heterocycles. The lowest BCUT2D eigenvalue weighted by atomic mass is 9.82. The lowest BCUT2D eigenvalue weighted by Crippen LogP contribution is -2.27. The third-order valence-corrected chi connectivity index (χ3v) is 4.02. The molecule has 1 aliphatic carbocycles. The molecule has 1 heterocycles. The van der Waals surface area contributed by atoms with E-state index < -0.39 is 0 Å². The Balaban J connectivity index is 1.95. The highest BCUT2D eigenvalue weighted by Crippen LogP contribution is 2.46. The second-order valence-electron chi connectivity index (χ2n) is 5.31. The van der Waals surface area contributed by atoms with Crippen LogP contribution in [0.5, 0.6) is 11.5 Å². The van der Waals surface area contributed by atoms with Crippen molar-refractivity contribution in [3.63, 3.8) is 0 Å². The predicted octanol–water partition coefficient (Wildman–Crippen LogP) is 2.94. The summed E-state index contributed by atoms with van der Waals surface area (Å²) in [6.07, 6.45) is 3.86. The van der Waals surface area contributed by atoms with Gasteiger partial charge in [-0.15, -0.1) is 0 Å². The van der Waals surface area contributed by atoms with Crippen LogP contribution in [0.4, 0.5) is 0 Å². The highest BCUT2D eigenvalue weighted by molar-refractivity contribution is 5.80. The Morgan fingerprint density at radius 2 is 2.28 bits per heavy atom. The highest BCUT2D eigenvalue weighted by atomic mass is 16.5. The van der Waals surface area contributed by atoms with Gasteiger partial charge in [0.05, 0.1) is 0 Å². The van der Waals surface area contributed by atoms with Crippen molar-refractivity contribution in [3.05, 3.63) is 23.3 Å². The number of phenols is 1. The normalized spacial score (nSPS) is 25.5. The van der Waals surface area contributed by atoms with Crippen LogP contribution in [0.25, 0.3) is 0 Å². The van der Waals surface area contributed by atoms with Crippen molar-refractivity contribution in [1.29, 1.82) is 0 Å². The largest absolute Gasteiger partial charge is 0.508 e. The molecule has 1 saturated carbocycles. The number of carbonyl (C=O) groups excluding carboxylic acids is 1. The second-order valence-corrected chi connectivity index (χ2v) is 5.31. The molecule has 18 heavy (non-hydrogen) atoms. The van der Waals surface area contributed by atoms with Gasteiger partial charge in [-0.25, -0.2) is 0 Å². The maximum atomic E-state index is 11.5. The fraction of sp³-hybridized carbons (Fsp3) is 0.533. The molecule has 0 amide bonds. The van der Waals surface area contributed by atoms with Crippen LogP contribution in [0, 0.1) is 0 Å². The van der Waals surface area contributed by atoms with Gasteiger partial charge in [0.1, 0.15) is 23.4 Å². The van der Waals surface area contributed by atoms with Gasteiger partial charge in [-0.05, 0) is 30.5 Å². The Bertz CT molecular complexity index is 493. The molecule has 0 aromatic heterocycles. The first-order chi connectivity index (χ1) is 8.69. The van der Waals surface area contributed by atoms with Gasteiger partial charge in [-0.2, -0.15) is 0 Å². The molecule has 1 N–H and O–H groups in total. The van der Waals surface area contributed by atoms with E-state index in [-0.39, 0.29) is 6.10 Å². The molecule has 0 spiro atoms. The summed E-state index contributed by atoms with van der Waals surface area (Å²) in [7, 11) is 0. The molecule has 0 unspecified atom stereocenters. The minimum atomic E-state index is -0.00229. The number of Topliss-reactive ketones (excluding diaryl/α,β-unsaturated/α-hetero) is 1. The number of rotatable bonds is 2. The van der Waals surface area contributed by atoms with E-state index in [4.69, 9.17) is 4.74 Å². The number of carbonyl (C=O) groups is 1. The molecule has 0 bridgehead atoms. The van der Waals surface area contributed by atoms with Crippen LogP contribution in [0.15, 0.2) is 12.1 Å². The summed E-state index contributed by atoms with van der Waals surface area (Å²) in [4.78, 5) is 11.5. The van der Waals surface area contributed by atoms with E-state index in [1.807, 2.05) is 12.1 Å². The van der Waals surface area contributed by atoms with Crippen LogP contribution in [-0.4, -0.2) is 17.0 Å². The lowest BCUT2D eigenvalue weighted by Gasteiger charge is -2.22. The third-order valence-electron chi connectivity index (χ3n) is 4.02. The molecule has 0 radical (unpaired) electrons. The number of hydrogen-bond donors (Lipinski definition) is 1. The van der Waals surface area contributed by atoms with Gasteiger partial charge in [-0.3, -0.25) is 4.79 Å². The number of benzene rings is 1. The number of ether oxygens (including phenoxy) is 1. The Hall–Kier alpha value is -1.51. The molecular formula is C15H18O3.